The Morgan fingerprint density at radius 2 is 1.71 bits per heavy atom. The predicted octanol–water partition coefficient (Wildman–Crippen LogP) is 1.68. The smallest absolute Gasteiger partial charge is 0.237 e. The van der Waals surface area contributed by atoms with Crippen LogP contribution in [0.5, 0.6) is 0 Å². The molecule has 14 heavy (non-hydrogen) atoms. The molecule has 2 N–H and O–H groups in total. The summed E-state index contributed by atoms with van der Waals surface area (Å²) >= 11 is 0. The van der Waals surface area contributed by atoms with Crippen molar-refractivity contribution in [3.05, 3.63) is 0 Å². The molecule has 0 heterocycles. The van der Waals surface area contributed by atoms with Gasteiger partial charge in [0.1, 0.15) is 0 Å². The van der Waals surface area contributed by atoms with E-state index in [0.29, 0.717) is 6.04 Å². The molecule has 0 saturated carbocycles. The maximum Gasteiger partial charge on any atom is 0.237 e. The normalized spacial score (nSPS) is 13.4. The zero-order chi connectivity index (χ0) is 11.1. The first kappa shape index (κ1) is 13.4. The SMILES string of the molecule is CCCC(NC(C)C)C(=O)NC(C)C. The molecule has 1 unspecified atom stereocenters. The molecule has 0 bridgehead atoms. The van der Waals surface area contributed by atoms with E-state index < -0.39 is 0 Å². The summed E-state index contributed by atoms with van der Waals surface area (Å²) in [6.07, 6.45) is 1.92. The molecule has 0 aromatic heterocycles. The molecule has 84 valence electrons. The lowest BCUT2D eigenvalue weighted by molar-refractivity contribution is -0.124. The molecule has 0 aliphatic heterocycles. The van der Waals surface area contributed by atoms with Gasteiger partial charge in [-0.25, -0.2) is 0 Å². The molecule has 0 spiro atoms. The Kier molecular flexibility index (Phi) is 6.54. The molecule has 0 aliphatic rings. The Labute approximate surface area is 87.6 Å². The lowest BCUT2D eigenvalue weighted by Gasteiger charge is -2.21. The molecule has 0 rings (SSSR count). The molecule has 0 radical (unpaired) electrons. The van der Waals surface area contributed by atoms with Crippen LogP contribution in [0.25, 0.3) is 0 Å². The standard InChI is InChI=1S/C11H24N2O/c1-6-7-10(12-8(2)3)11(14)13-9(4)5/h8-10,12H,6-7H2,1-5H3,(H,13,14). The van der Waals surface area contributed by atoms with Crippen LogP contribution in [0, 0.1) is 0 Å². The summed E-state index contributed by atoms with van der Waals surface area (Å²) < 4.78 is 0. The lowest BCUT2D eigenvalue weighted by atomic mass is 10.1. The Morgan fingerprint density at radius 3 is 2.07 bits per heavy atom. The molecule has 3 heteroatoms. The van der Waals surface area contributed by atoms with Gasteiger partial charge in [-0.15, -0.1) is 0 Å². The molecule has 0 aromatic rings. The monoisotopic (exact) mass is 200 g/mol. The third-order valence-electron chi connectivity index (χ3n) is 1.86. The summed E-state index contributed by atoms with van der Waals surface area (Å²) in [7, 11) is 0. The van der Waals surface area contributed by atoms with Gasteiger partial charge in [0, 0.05) is 12.1 Å². The van der Waals surface area contributed by atoms with E-state index in [4.69, 9.17) is 0 Å². The molecule has 1 atom stereocenters. The van der Waals surface area contributed by atoms with Crippen LogP contribution in [-0.4, -0.2) is 24.0 Å². The maximum absolute atomic E-state index is 11.7. The largest absolute Gasteiger partial charge is 0.353 e. The molecular weight excluding hydrogens is 176 g/mol. The Morgan fingerprint density at radius 1 is 1.14 bits per heavy atom. The van der Waals surface area contributed by atoms with Crippen LogP contribution in [0.15, 0.2) is 0 Å². The van der Waals surface area contributed by atoms with E-state index in [1.54, 1.807) is 0 Å². The number of nitrogens with one attached hydrogen (secondary N) is 2. The molecule has 0 fully saturated rings. The van der Waals surface area contributed by atoms with Gasteiger partial charge in [-0.1, -0.05) is 27.2 Å². The number of carbonyl (C=O) groups is 1. The van der Waals surface area contributed by atoms with Crippen LogP contribution < -0.4 is 10.6 Å². The van der Waals surface area contributed by atoms with Crippen molar-refractivity contribution in [1.82, 2.24) is 10.6 Å². The number of amides is 1. The third kappa shape index (κ3) is 5.97. The summed E-state index contributed by atoms with van der Waals surface area (Å²) in [6, 6.07) is 0.530. The van der Waals surface area contributed by atoms with E-state index in [1.807, 2.05) is 13.8 Å². The summed E-state index contributed by atoms with van der Waals surface area (Å²) in [6.45, 7) is 10.2. The van der Waals surface area contributed by atoms with E-state index in [1.165, 1.54) is 0 Å². The number of hydrogen-bond acceptors (Lipinski definition) is 2. The number of carbonyl (C=O) groups excluding carboxylic acids is 1. The van der Waals surface area contributed by atoms with Gasteiger partial charge in [0.2, 0.25) is 5.91 Å². The Hall–Kier alpha value is -0.570. The molecule has 0 aromatic carbocycles. The second kappa shape index (κ2) is 6.82. The summed E-state index contributed by atoms with van der Waals surface area (Å²) in [5, 5.41) is 6.21. The highest BCUT2D eigenvalue weighted by Crippen LogP contribution is 1.99. The average molecular weight is 200 g/mol. The number of hydrogen-bond donors (Lipinski definition) is 2. The first-order valence-electron chi connectivity index (χ1n) is 5.53. The zero-order valence-electron chi connectivity index (χ0n) is 10.1. The topological polar surface area (TPSA) is 41.1 Å². The van der Waals surface area contributed by atoms with Gasteiger partial charge < -0.3 is 10.6 Å². The summed E-state index contributed by atoms with van der Waals surface area (Å²) in [5.74, 6) is 0.121. The summed E-state index contributed by atoms with van der Waals surface area (Å²) in [5.41, 5.74) is 0. The fraction of sp³-hybridized carbons (Fsp3) is 0.909. The van der Waals surface area contributed by atoms with Gasteiger partial charge in [-0.2, -0.15) is 0 Å². The minimum atomic E-state index is -0.0394. The minimum absolute atomic E-state index is 0.0394. The molecule has 1 amide bonds. The van der Waals surface area contributed by atoms with E-state index in [-0.39, 0.29) is 18.0 Å². The second-order valence-electron chi connectivity index (χ2n) is 4.33. The lowest BCUT2D eigenvalue weighted by Crippen LogP contribution is -2.48. The molecule has 0 saturated heterocycles. The van der Waals surface area contributed by atoms with Crippen LogP contribution in [0.2, 0.25) is 0 Å². The van der Waals surface area contributed by atoms with E-state index in [2.05, 4.69) is 31.4 Å². The fourth-order valence-corrected chi connectivity index (χ4v) is 1.37. The van der Waals surface area contributed by atoms with Crippen LogP contribution >= 0.6 is 0 Å². The number of rotatable bonds is 6. The highest BCUT2D eigenvalue weighted by molar-refractivity contribution is 5.81. The van der Waals surface area contributed by atoms with Gasteiger partial charge in [0.25, 0.3) is 0 Å². The van der Waals surface area contributed by atoms with E-state index in [0.717, 1.165) is 12.8 Å². The highest BCUT2D eigenvalue weighted by Gasteiger charge is 2.18. The predicted molar refractivity (Wildman–Crippen MR) is 60.2 cm³/mol. The van der Waals surface area contributed by atoms with Crippen molar-refractivity contribution in [3.8, 4) is 0 Å². The third-order valence-corrected chi connectivity index (χ3v) is 1.86. The van der Waals surface area contributed by atoms with E-state index in [9.17, 15) is 4.79 Å². The van der Waals surface area contributed by atoms with Crippen molar-refractivity contribution in [3.63, 3.8) is 0 Å². The van der Waals surface area contributed by atoms with Crippen LogP contribution in [0.1, 0.15) is 47.5 Å². The van der Waals surface area contributed by atoms with Crippen molar-refractivity contribution in [1.29, 1.82) is 0 Å². The first-order valence-corrected chi connectivity index (χ1v) is 5.53. The Bertz CT molecular complexity index is 167. The highest BCUT2D eigenvalue weighted by atomic mass is 16.2. The van der Waals surface area contributed by atoms with Gasteiger partial charge >= 0.3 is 0 Å². The molecule has 0 aliphatic carbocycles. The van der Waals surface area contributed by atoms with Crippen LogP contribution in [-0.2, 0) is 4.79 Å². The van der Waals surface area contributed by atoms with E-state index >= 15 is 0 Å². The van der Waals surface area contributed by atoms with Crippen molar-refractivity contribution in [2.24, 2.45) is 0 Å². The van der Waals surface area contributed by atoms with Crippen molar-refractivity contribution in [2.75, 3.05) is 0 Å². The van der Waals surface area contributed by atoms with Crippen molar-refractivity contribution in [2.45, 2.75) is 65.6 Å². The minimum Gasteiger partial charge on any atom is -0.353 e. The van der Waals surface area contributed by atoms with Gasteiger partial charge in [0.05, 0.1) is 6.04 Å². The van der Waals surface area contributed by atoms with Gasteiger partial charge in [-0.05, 0) is 20.3 Å². The van der Waals surface area contributed by atoms with Gasteiger partial charge in [0.15, 0.2) is 0 Å². The van der Waals surface area contributed by atoms with Crippen LogP contribution in [0.3, 0.4) is 0 Å². The first-order chi connectivity index (χ1) is 6.47. The Balaban J connectivity index is 4.10. The van der Waals surface area contributed by atoms with Gasteiger partial charge in [-0.3, -0.25) is 4.79 Å². The molecular formula is C11H24N2O. The zero-order valence-corrected chi connectivity index (χ0v) is 10.1. The fourth-order valence-electron chi connectivity index (χ4n) is 1.37. The summed E-state index contributed by atoms with van der Waals surface area (Å²) in [4.78, 5) is 11.7. The molecule has 3 nitrogen and oxygen atoms in total. The average Bonchev–Trinajstić information content (AvgIpc) is 2.01. The van der Waals surface area contributed by atoms with Crippen molar-refractivity contribution >= 4 is 5.91 Å². The quantitative estimate of drug-likeness (QED) is 0.685. The second-order valence-corrected chi connectivity index (χ2v) is 4.33. The van der Waals surface area contributed by atoms with Crippen LogP contribution in [0.4, 0.5) is 0 Å². The van der Waals surface area contributed by atoms with Crippen molar-refractivity contribution < 1.29 is 4.79 Å². The maximum atomic E-state index is 11.7.